The van der Waals surface area contributed by atoms with Crippen LogP contribution in [0.1, 0.15) is 31.2 Å². The first kappa shape index (κ1) is 24.1. The molecule has 2 bridgehead atoms. The molecule has 2 unspecified atom stereocenters. The summed E-state index contributed by atoms with van der Waals surface area (Å²) in [5, 5.41) is 10.4. The van der Waals surface area contributed by atoms with Gasteiger partial charge in [-0.05, 0) is 43.0 Å². The van der Waals surface area contributed by atoms with Gasteiger partial charge in [-0.1, -0.05) is 12.5 Å². The number of fused-ring (bicyclic) bond motifs is 6. The van der Waals surface area contributed by atoms with E-state index in [9.17, 15) is 23.1 Å². The van der Waals surface area contributed by atoms with E-state index in [1.54, 1.807) is 30.4 Å². The number of sulfonamides is 1. The number of anilines is 3. The Hall–Kier alpha value is -3.93. The number of rotatable bonds is 4. The van der Waals surface area contributed by atoms with Crippen molar-refractivity contribution >= 4 is 50.1 Å². The van der Waals surface area contributed by atoms with Crippen LogP contribution in [0.15, 0.2) is 36.7 Å². The summed E-state index contributed by atoms with van der Waals surface area (Å²) < 4.78 is 27.2. The lowest BCUT2D eigenvalue weighted by Gasteiger charge is -2.55. The van der Waals surface area contributed by atoms with Crippen LogP contribution in [0, 0.1) is 0 Å². The van der Waals surface area contributed by atoms with Crippen molar-refractivity contribution in [1.29, 1.82) is 0 Å². The molecule has 2 N–H and O–H groups in total. The van der Waals surface area contributed by atoms with Gasteiger partial charge < -0.3 is 14.9 Å². The lowest BCUT2D eigenvalue weighted by Crippen LogP contribution is -2.70. The number of likely N-dealkylation sites (N-methyl/N-ethyl adjacent to an activating group) is 1. The molecular weight excluding hydrogens is 520 g/mol. The van der Waals surface area contributed by atoms with Gasteiger partial charge in [-0.3, -0.25) is 19.4 Å². The van der Waals surface area contributed by atoms with Gasteiger partial charge >= 0.3 is 6.09 Å². The fourth-order valence-corrected chi connectivity index (χ4v) is 7.44. The van der Waals surface area contributed by atoms with E-state index in [1.807, 2.05) is 23.1 Å². The zero-order valence-electron chi connectivity index (χ0n) is 21.6. The lowest BCUT2D eigenvalue weighted by atomic mass is 9.64. The van der Waals surface area contributed by atoms with Gasteiger partial charge in [0.15, 0.2) is 5.82 Å². The Morgan fingerprint density at radius 3 is 2.49 bits per heavy atom. The fraction of sp³-hybridized carbons (Fsp3) is 0.407. The van der Waals surface area contributed by atoms with Crippen molar-refractivity contribution in [3.8, 4) is 11.1 Å². The van der Waals surface area contributed by atoms with Crippen LogP contribution < -0.4 is 14.5 Å². The van der Waals surface area contributed by atoms with Crippen LogP contribution in [0.25, 0.3) is 22.0 Å². The number of hydrogen-bond donors (Lipinski definition) is 2. The number of nitrogens with one attached hydrogen (secondary N) is 1. The molecule has 3 saturated heterocycles. The second kappa shape index (κ2) is 8.04. The van der Waals surface area contributed by atoms with Crippen LogP contribution in [0.3, 0.4) is 0 Å². The molecule has 1 aliphatic carbocycles. The standard InChI is InChI=1S/C27H28N6O5S/c1-31-22-12-28-20-5-4-15(8-19(20)23(22)27(25(31)34)6-3-7-27)16-9-21(30-39(2,37)38)24(29-11-16)32-13-17-10-18(14-32)33(17)26(35)36/h4-5,8-9,11-12,17-18,30H,3,6-7,10,13-14H2,1-2H3,(H,35,36). The Labute approximate surface area is 225 Å². The summed E-state index contributed by atoms with van der Waals surface area (Å²) in [4.78, 5) is 39.2. The average molecular weight is 549 g/mol. The molecule has 11 nitrogen and oxygen atoms in total. The Bertz CT molecular complexity index is 1680. The summed E-state index contributed by atoms with van der Waals surface area (Å²) in [6, 6.07) is 7.38. The van der Waals surface area contributed by atoms with Crippen LogP contribution >= 0.6 is 0 Å². The Kier molecular flexibility index (Phi) is 4.98. The minimum atomic E-state index is -3.60. The fourth-order valence-electron chi connectivity index (χ4n) is 6.89. The van der Waals surface area contributed by atoms with Crippen LogP contribution in [-0.4, -0.2) is 78.9 Å². The normalized spacial score (nSPS) is 23.0. The van der Waals surface area contributed by atoms with E-state index in [1.165, 1.54) is 4.90 Å². The molecule has 4 fully saturated rings. The quantitative estimate of drug-likeness (QED) is 0.508. The van der Waals surface area contributed by atoms with Crippen molar-refractivity contribution in [3.63, 3.8) is 0 Å². The van der Waals surface area contributed by atoms with Gasteiger partial charge in [0.25, 0.3) is 0 Å². The largest absolute Gasteiger partial charge is 0.465 e. The second-order valence-corrected chi connectivity index (χ2v) is 12.9. The number of aromatic nitrogens is 2. The minimum absolute atomic E-state index is 0.121. The molecule has 1 saturated carbocycles. The van der Waals surface area contributed by atoms with Gasteiger partial charge in [0.2, 0.25) is 15.9 Å². The van der Waals surface area contributed by atoms with Crippen LogP contribution in [0.5, 0.6) is 0 Å². The van der Waals surface area contributed by atoms with E-state index < -0.39 is 21.5 Å². The highest BCUT2D eigenvalue weighted by atomic mass is 32.2. The second-order valence-electron chi connectivity index (χ2n) is 11.2. The Morgan fingerprint density at radius 2 is 1.85 bits per heavy atom. The number of nitrogens with zero attached hydrogens (tertiary/aromatic N) is 5. The predicted molar refractivity (Wildman–Crippen MR) is 147 cm³/mol. The first-order valence-corrected chi connectivity index (χ1v) is 14.9. The van der Waals surface area contributed by atoms with Crippen molar-refractivity contribution in [2.45, 2.75) is 43.2 Å². The van der Waals surface area contributed by atoms with E-state index >= 15 is 0 Å². The summed E-state index contributed by atoms with van der Waals surface area (Å²) in [5.41, 5.74) is 4.09. The van der Waals surface area contributed by atoms with E-state index in [2.05, 4.69) is 14.7 Å². The number of amides is 2. The Balaban J connectivity index is 1.30. The molecule has 202 valence electrons. The smallest absolute Gasteiger partial charge is 0.407 e. The van der Waals surface area contributed by atoms with Crippen molar-refractivity contribution < 1.29 is 23.1 Å². The van der Waals surface area contributed by atoms with Crippen molar-refractivity contribution in [1.82, 2.24) is 14.9 Å². The number of carbonyl (C=O) groups is 2. The van der Waals surface area contributed by atoms with Gasteiger partial charge in [-0.2, -0.15) is 0 Å². The number of hydrogen-bond acceptors (Lipinski definition) is 7. The number of piperidine rings is 1. The van der Waals surface area contributed by atoms with Crippen molar-refractivity contribution in [2.24, 2.45) is 0 Å². The molecule has 4 aliphatic heterocycles. The monoisotopic (exact) mass is 548 g/mol. The molecule has 2 atom stereocenters. The van der Waals surface area contributed by atoms with Crippen molar-refractivity contribution in [3.05, 3.63) is 42.2 Å². The van der Waals surface area contributed by atoms with E-state index in [0.29, 0.717) is 24.6 Å². The number of carbonyl (C=O) groups excluding carboxylic acids is 1. The third kappa shape index (κ3) is 3.50. The maximum absolute atomic E-state index is 13.2. The highest BCUT2D eigenvalue weighted by molar-refractivity contribution is 7.92. The topological polar surface area (TPSA) is 136 Å². The van der Waals surface area contributed by atoms with E-state index in [4.69, 9.17) is 0 Å². The molecule has 12 heteroatoms. The van der Waals surface area contributed by atoms with Gasteiger partial charge in [0.05, 0.1) is 46.8 Å². The Morgan fingerprint density at radius 1 is 1.10 bits per heavy atom. The average Bonchev–Trinajstić information content (AvgIpc) is 3.09. The molecule has 1 aromatic carbocycles. The van der Waals surface area contributed by atoms with Crippen LogP contribution in [0.4, 0.5) is 22.0 Å². The molecule has 6 heterocycles. The summed E-state index contributed by atoms with van der Waals surface area (Å²) in [6.45, 7) is 0.899. The molecule has 2 aromatic heterocycles. The van der Waals surface area contributed by atoms with E-state index in [-0.39, 0.29) is 18.0 Å². The SMILES string of the molecule is CN1C(=O)C2(CCC2)c2c1cnc1ccc(-c3cnc(N4CC5CC(C4)N5C(=O)O)c(NS(C)(=O)=O)c3)cc21. The zero-order chi connectivity index (χ0) is 27.3. The minimum Gasteiger partial charge on any atom is -0.465 e. The molecular formula is C27H28N6O5S. The van der Waals surface area contributed by atoms with Gasteiger partial charge in [-0.15, -0.1) is 0 Å². The summed E-state index contributed by atoms with van der Waals surface area (Å²) >= 11 is 0. The summed E-state index contributed by atoms with van der Waals surface area (Å²) in [5.74, 6) is 0.600. The highest BCUT2D eigenvalue weighted by Gasteiger charge is 2.54. The lowest BCUT2D eigenvalue weighted by molar-refractivity contribution is -0.125. The third-order valence-electron chi connectivity index (χ3n) is 8.82. The molecule has 3 aromatic rings. The number of carboxylic acid groups (broad SMARTS) is 1. The molecule has 5 aliphatic rings. The predicted octanol–water partition coefficient (Wildman–Crippen LogP) is 3.01. The van der Waals surface area contributed by atoms with Crippen LogP contribution in [-0.2, 0) is 20.2 Å². The van der Waals surface area contributed by atoms with Gasteiger partial charge in [0.1, 0.15) is 0 Å². The molecule has 8 rings (SSSR count). The molecule has 1 spiro atoms. The molecule has 39 heavy (non-hydrogen) atoms. The maximum Gasteiger partial charge on any atom is 0.407 e. The maximum atomic E-state index is 13.2. The molecule has 0 radical (unpaired) electrons. The first-order valence-electron chi connectivity index (χ1n) is 13.0. The van der Waals surface area contributed by atoms with Crippen LogP contribution in [0.2, 0.25) is 0 Å². The van der Waals surface area contributed by atoms with Gasteiger partial charge in [-0.25, -0.2) is 18.2 Å². The molecule has 2 amide bonds. The third-order valence-corrected chi connectivity index (χ3v) is 9.41. The number of piperazine rings is 1. The van der Waals surface area contributed by atoms with E-state index in [0.717, 1.165) is 65.2 Å². The van der Waals surface area contributed by atoms with Gasteiger partial charge in [0, 0.05) is 42.8 Å². The highest BCUT2D eigenvalue weighted by Crippen LogP contribution is 2.55. The first-order chi connectivity index (χ1) is 18.6. The summed E-state index contributed by atoms with van der Waals surface area (Å²) in [7, 11) is -1.80. The number of pyridine rings is 2. The summed E-state index contributed by atoms with van der Waals surface area (Å²) in [6.07, 6.45) is 7.11. The van der Waals surface area contributed by atoms with Crippen molar-refractivity contribution in [2.75, 3.05) is 40.9 Å². The zero-order valence-corrected chi connectivity index (χ0v) is 22.4. The number of benzene rings is 1.